The summed E-state index contributed by atoms with van der Waals surface area (Å²) in [5, 5.41) is 0. The van der Waals surface area contributed by atoms with Crippen LogP contribution in [-0.2, 0) is 0 Å². The standard InChI is InChI=1S/C11H19N/c1-3-10-12(4-2)11-8-6-5-7-9-11/h1,11H,4-10H2,2H3. The molecule has 1 nitrogen and oxygen atoms in total. The van der Waals surface area contributed by atoms with Gasteiger partial charge in [0, 0.05) is 6.04 Å². The summed E-state index contributed by atoms with van der Waals surface area (Å²) in [5.74, 6) is 2.74. The molecule has 0 aromatic heterocycles. The molecule has 1 aliphatic carbocycles. The molecule has 1 fully saturated rings. The molecule has 1 heteroatoms. The van der Waals surface area contributed by atoms with Gasteiger partial charge >= 0.3 is 0 Å². The van der Waals surface area contributed by atoms with Gasteiger partial charge in [0.1, 0.15) is 0 Å². The van der Waals surface area contributed by atoms with Crippen LogP contribution < -0.4 is 0 Å². The van der Waals surface area contributed by atoms with E-state index >= 15 is 0 Å². The summed E-state index contributed by atoms with van der Waals surface area (Å²) < 4.78 is 0. The van der Waals surface area contributed by atoms with Crippen molar-refractivity contribution in [1.29, 1.82) is 0 Å². The first-order valence-electron chi connectivity index (χ1n) is 5.06. The van der Waals surface area contributed by atoms with Gasteiger partial charge in [0.05, 0.1) is 6.54 Å². The van der Waals surface area contributed by atoms with Crippen molar-refractivity contribution in [1.82, 2.24) is 4.90 Å². The molecule has 0 bridgehead atoms. The molecule has 12 heavy (non-hydrogen) atoms. The lowest BCUT2D eigenvalue weighted by atomic mass is 9.94. The minimum atomic E-state index is 0.778. The Morgan fingerprint density at radius 3 is 2.50 bits per heavy atom. The smallest absolute Gasteiger partial charge is 0.0601 e. The van der Waals surface area contributed by atoms with E-state index < -0.39 is 0 Å². The third-order valence-electron chi connectivity index (χ3n) is 2.79. The molecule has 0 unspecified atom stereocenters. The zero-order chi connectivity index (χ0) is 8.81. The lowest BCUT2D eigenvalue weighted by Crippen LogP contribution is -2.36. The molecule has 1 saturated carbocycles. The topological polar surface area (TPSA) is 3.24 Å². The second-order valence-electron chi connectivity index (χ2n) is 3.56. The highest BCUT2D eigenvalue weighted by molar-refractivity contribution is 4.90. The Kier molecular flexibility index (Phi) is 4.18. The van der Waals surface area contributed by atoms with Crippen molar-refractivity contribution in [3.8, 4) is 12.3 Å². The van der Waals surface area contributed by atoms with E-state index in [4.69, 9.17) is 6.42 Å². The Labute approximate surface area is 76.1 Å². The van der Waals surface area contributed by atoms with Gasteiger partial charge in [-0.25, -0.2) is 0 Å². The fourth-order valence-electron chi connectivity index (χ4n) is 2.06. The number of hydrogen-bond donors (Lipinski definition) is 0. The lowest BCUT2D eigenvalue weighted by Gasteiger charge is -2.31. The zero-order valence-corrected chi connectivity index (χ0v) is 8.05. The van der Waals surface area contributed by atoms with E-state index in [1.807, 2.05) is 0 Å². The van der Waals surface area contributed by atoms with Crippen LogP contribution >= 0.6 is 0 Å². The van der Waals surface area contributed by atoms with E-state index in [1.54, 1.807) is 0 Å². The molecule has 0 aromatic rings. The molecule has 0 spiro atoms. The third-order valence-corrected chi connectivity index (χ3v) is 2.79. The predicted octanol–water partition coefficient (Wildman–Crippen LogP) is 2.27. The SMILES string of the molecule is C#CCN(CC)C1CCCCC1. The average Bonchev–Trinajstić information content (AvgIpc) is 2.15. The normalized spacial score (nSPS) is 19.4. The summed E-state index contributed by atoms with van der Waals surface area (Å²) >= 11 is 0. The monoisotopic (exact) mass is 165 g/mol. The molecule has 0 N–H and O–H groups in total. The molecule has 68 valence electrons. The molecular formula is C11H19N. The van der Waals surface area contributed by atoms with Gasteiger partial charge in [0.2, 0.25) is 0 Å². The van der Waals surface area contributed by atoms with Crippen molar-refractivity contribution in [2.45, 2.75) is 45.1 Å². The van der Waals surface area contributed by atoms with E-state index in [-0.39, 0.29) is 0 Å². The fraction of sp³-hybridized carbons (Fsp3) is 0.818. The van der Waals surface area contributed by atoms with Gasteiger partial charge in [0.15, 0.2) is 0 Å². The average molecular weight is 165 g/mol. The van der Waals surface area contributed by atoms with Gasteiger partial charge in [-0.2, -0.15) is 0 Å². The van der Waals surface area contributed by atoms with Crippen molar-refractivity contribution in [3.05, 3.63) is 0 Å². The second kappa shape index (κ2) is 5.22. The highest BCUT2D eigenvalue weighted by atomic mass is 15.1. The number of nitrogens with zero attached hydrogens (tertiary/aromatic N) is 1. The van der Waals surface area contributed by atoms with E-state index in [2.05, 4.69) is 17.7 Å². The largest absolute Gasteiger partial charge is 0.290 e. The maximum atomic E-state index is 5.32. The quantitative estimate of drug-likeness (QED) is 0.580. The van der Waals surface area contributed by atoms with Gasteiger partial charge in [-0.05, 0) is 19.4 Å². The van der Waals surface area contributed by atoms with Crippen LogP contribution in [0.15, 0.2) is 0 Å². The molecule has 0 atom stereocenters. The van der Waals surface area contributed by atoms with Crippen molar-refractivity contribution in [2.24, 2.45) is 0 Å². The second-order valence-corrected chi connectivity index (χ2v) is 3.56. The molecule has 0 saturated heterocycles. The van der Waals surface area contributed by atoms with E-state index in [0.717, 1.165) is 19.1 Å². The molecule has 0 aliphatic heterocycles. The van der Waals surface area contributed by atoms with Gasteiger partial charge in [-0.3, -0.25) is 4.90 Å². The summed E-state index contributed by atoms with van der Waals surface area (Å²) in [6.07, 6.45) is 12.2. The molecule has 0 amide bonds. The first-order valence-corrected chi connectivity index (χ1v) is 5.06. The van der Waals surface area contributed by atoms with E-state index in [9.17, 15) is 0 Å². The molecule has 0 heterocycles. The number of rotatable bonds is 3. The van der Waals surface area contributed by atoms with Crippen LogP contribution in [0.1, 0.15) is 39.0 Å². The van der Waals surface area contributed by atoms with Gasteiger partial charge in [-0.1, -0.05) is 32.1 Å². The van der Waals surface area contributed by atoms with Crippen LogP contribution in [-0.4, -0.2) is 24.0 Å². The van der Waals surface area contributed by atoms with Crippen molar-refractivity contribution < 1.29 is 0 Å². The fourth-order valence-corrected chi connectivity index (χ4v) is 2.06. The van der Waals surface area contributed by atoms with Crippen molar-refractivity contribution >= 4 is 0 Å². The summed E-state index contributed by atoms with van der Waals surface area (Å²) in [4.78, 5) is 2.43. The first kappa shape index (κ1) is 9.61. The van der Waals surface area contributed by atoms with Crippen LogP contribution in [0.3, 0.4) is 0 Å². The van der Waals surface area contributed by atoms with Gasteiger partial charge in [0.25, 0.3) is 0 Å². The third kappa shape index (κ3) is 2.53. The highest BCUT2D eigenvalue weighted by Gasteiger charge is 2.18. The Morgan fingerprint density at radius 1 is 1.33 bits per heavy atom. The Hall–Kier alpha value is -0.480. The van der Waals surface area contributed by atoms with Crippen LogP contribution in [0.5, 0.6) is 0 Å². The molecule has 1 rings (SSSR count). The van der Waals surface area contributed by atoms with Gasteiger partial charge in [-0.15, -0.1) is 6.42 Å². The van der Waals surface area contributed by atoms with Crippen molar-refractivity contribution in [2.75, 3.05) is 13.1 Å². The molecule has 0 radical (unpaired) electrons. The zero-order valence-electron chi connectivity index (χ0n) is 8.05. The minimum Gasteiger partial charge on any atom is -0.290 e. The number of hydrogen-bond acceptors (Lipinski definition) is 1. The van der Waals surface area contributed by atoms with Crippen LogP contribution in [0.25, 0.3) is 0 Å². The maximum Gasteiger partial charge on any atom is 0.0601 e. The van der Waals surface area contributed by atoms with Gasteiger partial charge < -0.3 is 0 Å². The minimum absolute atomic E-state index is 0.778. The Morgan fingerprint density at radius 2 is 2.00 bits per heavy atom. The number of terminal acetylenes is 1. The Balaban J connectivity index is 2.36. The Bertz CT molecular complexity index is 151. The van der Waals surface area contributed by atoms with E-state index in [1.165, 1.54) is 32.1 Å². The van der Waals surface area contributed by atoms with E-state index in [0.29, 0.717) is 0 Å². The predicted molar refractivity (Wildman–Crippen MR) is 53.0 cm³/mol. The molecular weight excluding hydrogens is 146 g/mol. The van der Waals surface area contributed by atoms with Crippen LogP contribution in [0, 0.1) is 12.3 Å². The molecule has 1 aliphatic rings. The lowest BCUT2D eigenvalue weighted by molar-refractivity contribution is 0.183. The summed E-state index contributed by atoms with van der Waals surface area (Å²) in [6, 6.07) is 0.778. The first-order chi connectivity index (χ1) is 5.88. The molecule has 0 aromatic carbocycles. The summed E-state index contributed by atoms with van der Waals surface area (Å²) in [6.45, 7) is 4.14. The van der Waals surface area contributed by atoms with Crippen LogP contribution in [0.4, 0.5) is 0 Å². The maximum absolute atomic E-state index is 5.32. The van der Waals surface area contributed by atoms with Crippen LogP contribution in [0.2, 0.25) is 0 Å². The summed E-state index contributed by atoms with van der Waals surface area (Å²) in [5.41, 5.74) is 0. The van der Waals surface area contributed by atoms with Crippen molar-refractivity contribution in [3.63, 3.8) is 0 Å². The summed E-state index contributed by atoms with van der Waals surface area (Å²) in [7, 11) is 0. The highest BCUT2D eigenvalue weighted by Crippen LogP contribution is 2.21.